The Bertz CT molecular complexity index is 790. The minimum absolute atomic E-state index is 0.0343. The van der Waals surface area contributed by atoms with Gasteiger partial charge < -0.3 is 9.47 Å². The molecule has 0 aliphatic carbocycles. The van der Waals surface area contributed by atoms with Crippen LogP contribution in [0.2, 0.25) is 0 Å². The molecule has 0 spiro atoms. The van der Waals surface area contributed by atoms with Gasteiger partial charge in [0.15, 0.2) is 0 Å². The molecule has 2 aromatic rings. The molecule has 27 heavy (non-hydrogen) atoms. The Balaban J connectivity index is 1.45. The summed E-state index contributed by atoms with van der Waals surface area (Å²) >= 11 is 3.44. The van der Waals surface area contributed by atoms with Gasteiger partial charge in [0.1, 0.15) is 5.82 Å². The molecular formula is C21H23BrFNO3. The summed E-state index contributed by atoms with van der Waals surface area (Å²) in [5.41, 5.74) is 4.12. The van der Waals surface area contributed by atoms with Crippen LogP contribution >= 0.6 is 15.9 Å². The van der Waals surface area contributed by atoms with E-state index < -0.39 is 5.54 Å². The predicted molar refractivity (Wildman–Crippen MR) is 103 cm³/mol. The van der Waals surface area contributed by atoms with Crippen LogP contribution in [0.25, 0.3) is 0 Å². The molecule has 0 aromatic heterocycles. The molecule has 2 heterocycles. The van der Waals surface area contributed by atoms with Crippen molar-refractivity contribution in [3.63, 3.8) is 0 Å². The first-order valence-corrected chi connectivity index (χ1v) is 9.99. The van der Waals surface area contributed by atoms with Gasteiger partial charge in [-0.3, -0.25) is 4.84 Å². The van der Waals surface area contributed by atoms with E-state index in [4.69, 9.17) is 14.3 Å². The maximum atomic E-state index is 14.6. The van der Waals surface area contributed by atoms with Crippen LogP contribution in [0.1, 0.15) is 24.5 Å². The average molecular weight is 436 g/mol. The van der Waals surface area contributed by atoms with Gasteiger partial charge in [0, 0.05) is 16.0 Å². The van der Waals surface area contributed by atoms with Gasteiger partial charge in [0.25, 0.3) is 0 Å². The number of fused-ring (bicyclic) bond motifs is 1. The minimum atomic E-state index is -0.677. The zero-order valence-electron chi connectivity index (χ0n) is 15.2. The molecule has 2 aromatic carbocycles. The third-order valence-corrected chi connectivity index (χ3v) is 6.01. The second-order valence-corrected chi connectivity index (χ2v) is 8.21. The maximum Gasteiger partial charge on any atom is 0.128 e. The fraction of sp³-hybridized carbons (Fsp3) is 0.429. The Labute approximate surface area is 167 Å². The Morgan fingerprint density at radius 2 is 2.07 bits per heavy atom. The first-order chi connectivity index (χ1) is 13.1. The maximum absolute atomic E-state index is 14.6. The molecule has 0 bridgehead atoms. The van der Waals surface area contributed by atoms with Crippen molar-refractivity contribution < 1.29 is 18.7 Å². The van der Waals surface area contributed by atoms with Gasteiger partial charge in [0.2, 0.25) is 0 Å². The van der Waals surface area contributed by atoms with Crippen LogP contribution < -0.4 is 5.48 Å². The number of rotatable bonds is 5. The number of benzene rings is 2. The minimum Gasteiger partial charge on any atom is -0.374 e. The molecule has 0 unspecified atom stereocenters. The monoisotopic (exact) mass is 435 g/mol. The lowest BCUT2D eigenvalue weighted by atomic mass is 9.73. The van der Waals surface area contributed by atoms with E-state index in [0.717, 1.165) is 16.5 Å². The van der Waals surface area contributed by atoms with Crippen LogP contribution in [0.5, 0.6) is 0 Å². The summed E-state index contributed by atoms with van der Waals surface area (Å²) < 4.78 is 27.4. The number of ether oxygens (including phenoxy) is 2. The van der Waals surface area contributed by atoms with E-state index in [2.05, 4.69) is 21.4 Å². The zero-order valence-corrected chi connectivity index (χ0v) is 16.7. The van der Waals surface area contributed by atoms with E-state index >= 15 is 0 Å². The molecule has 2 saturated heterocycles. The molecule has 2 aliphatic heterocycles. The van der Waals surface area contributed by atoms with Crippen molar-refractivity contribution in [1.82, 2.24) is 5.48 Å². The summed E-state index contributed by atoms with van der Waals surface area (Å²) in [6, 6.07) is 15.1. The third-order valence-electron chi connectivity index (χ3n) is 5.51. The van der Waals surface area contributed by atoms with Crippen molar-refractivity contribution in [3.8, 4) is 0 Å². The fourth-order valence-corrected chi connectivity index (χ4v) is 4.42. The van der Waals surface area contributed by atoms with Gasteiger partial charge in [0.05, 0.1) is 37.6 Å². The molecule has 0 amide bonds. The van der Waals surface area contributed by atoms with Crippen molar-refractivity contribution in [2.24, 2.45) is 5.92 Å². The van der Waals surface area contributed by atoms with E-state index in [-0.39, 0.29) is 23.9 Å². The number of hydrogen-bond acceptors (Lipinski definition) is 4. The molecule has 4 rings (SSSR count). The topological polar surface area (TPSA) is 39.7 Å². The van der Waals surface area contributed by atoms with Crippen molar-refractivity contribution in [1.29, 1.82) is 0 Å². The molecular weight excluding hydrogens is 413 g/mol. The first-order valence-electron chi connectivity index (χ1n) is 9.20. The van der Waals surface area contributed by atoms with Gasteiger partial charge in [-0.2, -0.15) is 5.48 Å². The lowest BCUT2D eigenvalue weighted by Crippen LogP contribution is -2.53. The second kappa shape index (κ2) is 7.97. The van der Waals surface area contributed by atoms with Crippen molar-refractivity contribution in [2.45, 2.75) is 37.7 Å². The van der Waals surface area contributed by atoms with Crippen molar-refractivity contribution >= 4 is 15.9 Å². The van der Waals surface area contributed by atoms with E-state index in [0.29, 0.717) is 25.4 Å². The summed E-state index contributed by atoms with van der Waals surface area (Å²) in [5.74, 6) is -0.156. The molecule has 1 N–H and O–H groups in total. The van der Waals surface area contributed by atoms with E-state index in [9.17, 15) is 4.39 Å². The van der Waals surface area contributed by atoms with Crippen LogP contribution in [0, 0.1) is 11.7 Å². The van der Waals surface area contributed by atoms with Crippen LogP contribution in [0.4, 0.5) is 4.39 Å². The van der Waals surface area contributed by atoms with E-state index in [1.54, 1.807) is 6.07 Å². The van der Waals surface area contributed by atoms with Crippen LogP contribution in [-0.4, -0.2) is 25.4 Å². The SMILES string of the molecule is C[C@@H]1ON[C@@]2(c3cc(Br)ccc3F)CO[C@@H](COCc3ccccc3)C[C@@H]12. The Morgan fingerprint density at radius 3 is 2.89 bits per heavy atom. The van der Waals surface area contributed by atoms with Gasteiger partial charge in [-0.15, -0.1) is 0 Å². The zero-order chi connectivity index (χ0) is 18.9. The smallest absolute Gasteiger partial charge is 0.128 e. The van der Waals surface area contributed by atoms with Gasteiger partial charge in [-0.05, 0) is 37.1 Å². The van der Waals surface area contributed by atoms with Gasteiger partial charge in [-0.25, -0.2) is 4.39 Å². The van der Waals surface area contributed by atoms with Crippen molar-refractivity contribution in [3.05, 3.63) is 69.9 Å². The van der Waals surface area contributed by atoms with Crippen molar-refractivity contribution in [2.75, 3.05) is 13.2 Å². The average Bonchev–Trinajstić information content (AvgIpc) is 3.02. The Kier molecular flexibility index (Phi) is 5.62. The molecule has 4 atom stereocenters. The summed E-state index contributed by atoms with van der Waals surface area (Å²) in [6.07, 6.45) is 0.673. The first kappa shape index (κ1) is 19.0. The fourth-order valence-electron chi connectivity index (χ4n) is 4.06. The van der Waals surface area contributed by atoms with E-state index in [1.165, 1.54) is 6.07 Å². The summed E-state index contributed by atoms with van der Waals surface area (Å²) in [6.45, 7) is 3.42. The molecule has 6 heteroatoms. The quantitative estimate of drug-likeness (QED) is 0.758. The number of nitrogens with one attached hydrogen (secondary N) is 1. The van der Waals surface area contributed by atoms with Crippen LogP contribution in [-0.2, 0) is 26.5 Å². The molecule has 2 fully saturated rings. The molecule has 0 saturated carbocycles. The lowest BCUT2D eigenvalue weighted by molar-refractivity contribution is -0.100. The highest BCUT2D eigenvalue weighted by atomic mass is 79.9. The number of halogens is 2. The largest absolute Gasteiger partial charge is 0.374 e. The summed E-state index contributed by atoms with van der Waals surface area (Å²) in [7, 11) is 0. The molecule has 144 valence electrons. The normalized spacial score (nSPS) is 30.3. The lowest BCUT2D eigenvalue weighted by Gasteiger charge is -2.42. The van der Waals surface area contributed by atoms with Gasteiger partial charge >= 0.3 is 0 Å². The Morgan fingerprint density at radius 1 is 1.26 bits per heavy atom. The number of hydroxylamine groups is 1. The Hall–Kier alpha value is -1.31. The summed E-state index contributed by atoms with van der Waals surface area (Å²) in [4.78, 5) is 5.72. The molecule has 4 nitrogen and oxygen atoms in total. The highest BCUT2D eigenvalue weighted by Crippen LogP contribution is 2.45. The standard InChI is InChI=1S/C21H23BrFNO3/c1-14-18-10-17(12-25-11-15-5-3-2-4-6-15)26-13-21(18,24-27-14)19-9-16(22)7-8-20(19)23/h2-9,14,17-18,24H,10-13H2,1H3/t14-,17+,18-,21-/m0/s1. The number of hydrogen-bond donors (Lipinski definition) is 1. The highest BCUT2D eigenvalue weighted by Gasteiger charge is 2.54. The molecule has 0 radical (unpaired) electrons. The van der Waals surface area contributed by atoms with Crippen LogP contribution in [0.3, 0.4) is 0 Å². The van der Waals surface area contributed by atoms with Gasteiger partial charge in [-0.1, -0.05) is 46.3 Å². The third kappa shape index (κ3) is 3.82. The second-order valence-electron chi connectivity index (χ2n) is 7.30. The predicted octanol–water partition coefficient (Wildman–Crippen LogP) is 4.33. The van der Waals surface area contributed by atoms with E-state index in [1.807, 2.05) is 43.3 Å². The summed E-state index contributed by atoms with van der Waals surface area (Å²) in [5, 5.41) is 0. The molecule has 2 aliphatic rings. The highest BCUT2D eigenvalue weighted by molar-refractivity contribution is 9.10. The van der Waals surface area contributed by atoms with Crippen LogP contribution in [0.15, 0.2) is 53.0 Å².